The van der Waals surface area contributed by atoms with E-state index in [4.69, 9.17) is 5.11 Å². The van der Waals surface area contributed by atoms with Crippen LogP contribution in [-0.4, -0.2) is 38.0 Å². The number of aromatic nitrogens is 3. The van der Waals surface area contributed by atoms with Crippen molar-refractivity contribution in [2.45, 2.75) is 26.3 Å². The van der Waals surface area contributed by atoms with Gasteiger partial charge in [-0.05, 0) is 26.0 Å². The van der Waals surface area contributed by atoms with Gasteiger partial charge in [-0.3, -0.25) is 9.59 Å². The molecule has 0 saturated heterocycles. The molecular formula is C14H16N4O3. The number of amides is 1. The number of hydrogen-bond acceptors (Lipinski definition) is 4. The van der Waals surface area contributed by atoms with Crippen LogP contribution in [0.3, 0.4) is 0 Å². The van der Waals surface area contributed by atoms with Crippen LogP contribution >= 0.6 is 0 Å². The molecule has 7 nitrogen and oxygen atoms in total. The van der Waals surface area contributed by atoms with E-state index in [1.807, 2.05) is 30.3 Å². The molecule has 0 bridgehead atoms. The first-order valence-corrected chi connectivity index (χ1v) is 6.49. The van der Waals surface area contributed by atoms with Gasteiger partial charge in [-0.1, -0.05) is 23.4 Å². The number of benzene rings is 1. The zero-order valence-corrected chi connectivity index (χ0v) is 11.8. The summed E-state index contributed by atoms with van der Waals surface area (Å²) in [6.07, 6.45) is -0.141. The Bertz CT molecular complexity index is 651. The summed E-state index contributed by atoms with van der Waals surface area (Å²) in [6, 6.07) is 8.86. The van der Waals surface area contributed by atoms with Crippen LogP contribution in [-0.2, 0) is 4.79 Å². The van der Waals surface area contributed by atoms with E-state index in [1.54, 1.807) is 18.5 Å². The number of carbonyl (C=O) groups is 2. The highest BCUT2D eigenvalue weighted by Crippen LogP contribution is 2.11. The lowest BCUT2D eigenvalue weighted by Crippen LogP contribution is -2.34. The molecule has 1 heterocycles. The van der Waals surface area contributed by atoms with Crippen molar-refractivity contribution in [1.82, 2.24) is 20.3 Å². The van der Waals surface area contributed by atoms with Crippen molar-refractivity contribution in [1.29, 1.82) is 0 Å². The van der Waals surface area contributed by atoms with Gasteiger partial charge in [-0.2, -0.15) is 0 Å². The maximum absolute atomic E-state index is 12.1. The van der Waals surface area contributed by atoms with Gasteiger partial charge in [0, 0.05) is 6.04 Å². The fourth-order valence-corrected chi connectivity index (χ4v) is 1.96. The van der Waals surface area contributed by atoms with Crippen molar-refractivity contribution in [3.05, 3.63) is 41.7 Å². The second-order valence-corrected chi connectivity index (χ2v) is 4.74. The lowest BCUT2D eigenvalue weighted by atomic mass is 10.2. The van der Waals surface area contributed by atoms with E-state index in [1.165, 1.54) is 0 Å². The number of nitrogens with zero attached hydrogens (tertiary/aromatic N) is 3. The number of hydrogen-bond donors (Lipinski definition) is 2. The zero-order valence-electron chi connectivity index (χ0n) is 11.8. The summed E-state index contributed by atoms with van der Waals surface area (Å²) in [5, 5.41) is 19.1. The van der Waals surface area contributed by atoms with E-state index in [0.717, 1.165) is 5.69 Å². The second kappa shape index (κ2) is 6.17. The third-order valence-corrected chi connectivity index (χ3v) is 2.97. The highest BCUT2D eigenvalue weighted by atomic mass is 16.4. The third kappa shape index (κ3) is 3.44. The Hall–Kier alpha value is -2.70. The Labute approximate surface area is 121 Å². The number of carboxylic acids is 1. The molecule has 0 aliphatic heterocycles. The highest BCUT2D eigenvalue weighted by molar-refractivity contribution is 5.93. The standard InChI is InChI=1S/C14H16N4O3/c1-9(8-12(19)20)15-14(21)13-10(2)18(17-16-13)11-6-4-3-5-7-11/h3-7,9H,8H2,1-2H3,(H,15,21)(H,19,20)/t9-/m1/s1. The van der Waals surface area contributed by atoms with Gasteiger partial charge in [0.05, 0.1) is 17.8 Å². The van der Waals surface area contributed by atoms with Gasteiger partial charge in [0.1, 0.15) is 0 Å². The minimum Gasteiger partial charge on any atom is -0.481 e. The van der Waals surface area contributed by atoms with Crippen molar-refractivity contribution in [3.63, 3.8) is 0 Å². The Morgan fingerprint density at radius 3 is 2.62 bits per heavy atom. The van der Waals surface area contributed by atoms with Crippen LogP contribution in [0.15, 0.2) is 30.3 Å². The fourth-order valence-electron chi connectivity index (χ4n) is 1.96. The van der Waals surface area contributed by atoms with Crippen molar-refractivity contribution in [2.75, 3.05) is 0 Å². The van der Waals surface area contributed by atoms with Gasteiger partial charge in [0.15, 0.2) is 5.69 Å². The summed E-state index contributed by atoms with van der Waals surface area (Å²) in [7, 11) is 0. The Morgan fingerprint density at radius 1 is 1.33 bits per heavy atom. The first kappa shape index (κ1) is 14.7. The molecule has 0 radical (unpaired) electrons. The van der Waals surface area contributed by atoms with Gasteiger partial charge in [0.25, 0.3) is 5.91 Å². The first-order chi connectivity index (χ1) is 9.99. The predicted octanol–water partition coefficient (Wildman–Crippen LogP) is 1.17. The summed E-state index contributed by atoms with van der Waals surface area (Å²) in [4.78, 5) is 22.7. The zero-order chi connectivity index (χ0) is 15.4. The number of rotatable bonds is 5. The highest BCUT2D eigenvalue weighted by Gasteiger charge is 2.19. The normalized spacial score (nSPS) is 11.9. The lowest BCUT2D eigenvalue weighted by molar-refractivity contribution is -0.137. The van der Waals surface area contributed by atoms with Crippen LogP contribution in [0.25, 0.3) is 5.69 Å². The fraction of sp³-hybridized carbons (Fsp3) is 0.286. The predicted molar refractivity (Wildman–Crippen MR) is 75.3 cm³/mol. The molecule has 21 heavy (non-hydrogen) atoms. The van der Waals surface area contributed by atoms with Gasteiger partial charge in [-0.25, -0.2) is 4.68 Å². The van der Waals surface area contributed by atoms with E-state index >= 15 is 0 Å². The molecule has 0 unspecified atom stereocenters. The first-order valence-electron chi connectivity index (χ1n) is 6.49. The average Bonchev–Trinajstić information content (AvgIpc) is 2.80. The topological polar surface area (TPSA) is 97.1 Å². The number of para-hydroxylation sites is 1. The average molecular weight is 288 g/mol. The summed E-state index contributed by atoms with van der Waals surface area (Å²) < 4.78 is 1.57. The largest absolute Gasteiger partial charge is 0.481 e. The van der Waals surface area contributed by atoms with Crippen molar-refractivity contribution in [2.24, 2.45) is 0 Å². The third-order valence-electron chi connectivity index (χ3n) is 2.97. The second-order valence-electron chi connectivity index (χ2n) is 4.74. The quantitative estimate of drug-likeness (QED) is 0.860. The number of aliphatic carboxylic acids is 1. The minimum absolute atomic E-state index is 0.141. The maximum Gasteiger partial charge on any atom is 0.305 e. The van der Waals surface area contributed by atoms with Crippen molar-refractivity contribution >= 4 is 11.9 Å². The molecule has 1 amide bonds. The smallest absolute Gasteiger partial charge is 0.305 e. The molecule has 110 valence electrons. The molecule has 0 spiro atoms. The van der Waals surface area contributed by atoms with E-state index < -0.39 is 17.9 Å². The van der Waals surface area contributed by atoms with Crippen molar-refractivity contribution < 1.29 is 14.7 Å². The molecule has 0 aliphatic carbocycles. The molecule has 7 heteroatoms. The van der Waals surface area contributed by atoms with Gasteiger partial charge < -0.3 is 10.4 Å². The number of carboxylic acid groups (broad SMARTS) is 1. The molecule has 1 aromatic carbocycles. The van der Waals surface area contributed by atoms with E-state index in [0.29, 0.717) is 5.69 Å². The van der Waals surface area contributed by atoms with Crippen LogP contribution in [0.5, 0.6) is 0 Å². The van der Waals surface area contributed by atoms with Gasteiger partial charge in [0.2, 0.25) is 0 Å². The van der Waals surface area contributed by atoms with E-state index in [2.05, 4.69) is 15.6 Å². The van der Waals surface area contributed by atoms with Crippen LogP contribution in [0.2, 0.25) is 0 Å². The van der Waals surface area contributed by atoms with Gasteiger partial charge >= 0.3 is 5.97 Å². The Balaban J connectivity index is 2.17. The molecule has 0 saturated carbocycles. The molecule has 1 aromatic heterocycles. The molecule has 2 rings (SSSR count). The van der Waals surface area contributed by atoms with Gasteiger partial charge in [-0.15, -0.1) is 5.10 Å². The van der Waals surface area contributed by atoms with Crippen LogP contribution in [0.1, 0.15) is 29.5 Å². The Morgan fingerprint density at radius 2 is 2.00 bits per heavy atom. The monoisotopic (exact) mass is 288 g/mol. The molecule has 0 fully saturated rings. The summed E-state index contributed by atoms with van der Waals surface area (Å²) >= 11 is 0. The molecule has 2 aromatic rings. The Kier molecular flexibility index (Phi) is 4.32. The van der Waals surface area contributed by atoms with E-state index in [-0.39, 0.29) is 12.1 Å². The number of carbonyl (C=O) groups excluding carboxylic acids is 1. The summed E-state index contributed by atoms with van der Waals surface area (Å²) in [6.45, 7) is 3.37. The van der Waals surface area contributed by atoms with Crippen molar-refractivity contribution in [3.8, 4) is 5.69 Å². The lowest BCUT2D eigenvalue weighted by Gasteiger charge is -2.10. The number of nitrogens with one attached hydrogen (secondary N) is 1. The SMILES string of the molecule is Cc1c(C(=O)N[C@H](C)CC(=O)O)nnn1-c1ccccc1. The molecule has 2 N–H and O–H groups in total. The maximum atomic E-state index is 12.1. The van der Waals surface area contributed by atoms with Crippen LogP contribution < -0.4 is 5.32 Å². The molecule has 1 atom stereocenters. The summed E-state index contributed by atoms with van der Waals surface area (Å²) in [5.41, 5.74) is 1.59. The minimum atomic E-state index is -0.965. The molecule has 0 aliphatic rings. The summed E-state index contributed by atoms with van der Waals surface area (Å²) in [5.74, 6) is -1.39. The molecular weight excluding hydrogens is 272 g/mol. The van der Waals surface area contributed by atoms with Crippen LogP contribution in [0, 0.1) is 6.92 Å². The van der Waals surface area contributed by atoms with E-state index in [9.17, 15) is 9.59 Å². The van der Waals surface area contributed by atoms with Crippen LogP contribution in [0.4, 0.5) is 0 Å².